The average Bonchev–Trinajstić information content (AvgIpc) is 2.83. The van der Waals surface area contributed by atoms with Crippen molar-refractivity contribution in [2.24, 2.45) is 11.8 Å². The topological polar surface area (TPSA) is 75.3 Å². The van der Waals surface area contributed by atoms with Gasteiger partial charge in [-0.25, -0.2) is 9.78 Å². The van der Waals surface area contributed by atoms with E-state index in [0.717, 1.165) is 13.1 Å². The molecular formula is C18H25N3O3S. The van der Waals surface area contributed by atoms with Gasteiger partial charge in [0.05, 0.1) is 18.5 Å². The van der Waals surface area contributed by atoms with Crippen LogP contribution in [0.2, 0.25) is 0 Å². The zero-order valence-electron chi connectivity index (χ0n) is 15.2. The number of nitrogens with zero attached hydrogens (tertiary/aromatic N) is 2. The molecule has 6 nitrogen and oxygen atoms in total. The molecule has 1 aliphatic heterocycles. The molecular weight excluding hydrogens is 338 g/mol. The van der Waals surface area contributed by atoms with Crippen LogP contribution in [0.3, 0.4) is 0 Å². The first-order valence-electron chi connectivity index (χ1n) is 8.80. The summed E-state index contributed by atoms with van der Waals surface area (Å²) in [7, 11) is 0. The second-order valence-electron chi connectivity index (χ2n) is 7.11. The number of fused-ring (bicyclic) bond motifs is 1. The lowest BCUT2D eigenvalue weighted by Crippen LogP contribution is -2.38. The van der Waals surface area contributed by atoms with Gasteiger partial charge in [0.25, 0.3) is 5.56 Å². The predicted molar refractivity (Wildman–Crippen MR) is 99.2 cm³/mol. The van der Waals surface area contributed by atoms with Gasteiger partial charge in [0.1, 0.15) is 15.5 Å². The number of likely N-dealkylation sites (tertiary alicyclic amines) is 1. The van der Waals surface area contributed by atoms with E-state index in [2.05, 4.69) is 28.7 Å². The quantitative estimate of drug-likeness (QED) is 0.845. The number of carbonyl (C=O) groups is 1. The number of rotatable bonds is 4. The fraction of sp³-hybridized carbons (Fsp3) is 0.611. The number of aromatic amines is 1. The number of piperidine rings is 1. The van der Waals surface area contributed by atoms with Gasteiger partial charge in [-0.1, -0.05) is 13.8 Å². The van der Waals surface area contributed by atoms with Crippen LogP contribution in [0.4, 0.5) is 0 Å². The molecule has 3 heterocycles. The Bertz CT molecular complexity index is 832. The Morgan fingerprint density at radius 3 is 2.68 bits per heavy atom. The summed E-state index contributed by atoms with van der Waals surface area (Å²) in [4.78, 5) is 35.5. The van der Waals surface area contributed by atoms with Crippen LogP contribution in [-0.2, 0) is 11.3 Å². The van der Waals surface area contributed by atoms with E-state index in [1.54, 1.807) is 13.8 Å². The monoisotopic (exact) mass is 363 g/mol. The van der Waals surface area contributed by atoms with Crippen LogP contribution in [0.1, 0.15) is 48.3 Å². The van der Waals surface area contributed by atoms with Crippen LogP contribution in [0.15, 0.2) is 4.79 Å². The molecule has 2 aromatic rings. The van der Waals surface area contributed by atoms with Crippen LogP contribution in [-0.4, -0.2) is 40.5 Å². The van der Waals surface area contributed by atoms with E-state index in [-0.39, 0.29) is 11.5 Å². The largest absolute Gasteiger partial charge is 0.462 e. The summed E-state index contributed by atoms with van der Waals surface area (Å²) in [6.07, 6.45) is 1.24. The molecule has 7 heteroatoms. The van der Waals surface area contributed by atoms with Crippen molar-refractivity contribution in [2.45, 2.75) is 40.7 Å². The number of aromatic nitrogens is 2. The van der Waals surface area contributed by atoms with Crippen molar-refractivity contribution in [3.8, 4) is 0 Å². The molecule has 0 spiro atoms. The summed E-state index contributed by atoms with van der Waals surface area (Å²) in [6.45, 7) is 11.0. The Balaban J connectivity index is 1.91. The molecule has 1 saturated heterocycles. The highest BCUT2D eigenvalue weighted by molar-refractivity contribution is 7.20. The molecule has 0 aromatic carbocycles. The van der Waals surface area contributed by atoms with Crippen LogP contribution in [0.5, 0.6) is 0 Å². The highest BCUT2D eigenvalue weighted by Gasteiger charge is 2.24. The van der Waals surface area contributed by atoms with E-state index in [9.17, 15) is 9.59 Å². The number of ether oxygens (including phenoxy) is 1. The van der Waals surface area contributed by atoms with E-state index >= 15 is 0 Å². The molecule has 0 bridgehead atoms. The van der Waals surface area contributed by atoms with Crippen molar-refractivity contribution < 1.29 is 9.53 Å². The third kappa shape index (κ3) is 3.77. The maximum Gasteiger partial charge on any atom is 0.348 e. The lowest BCUT2D eigenvalue weighted by atomic mass is 9.92. The van der Waals surface area contributed by atoms with Crippen LogP contribution < -0.4 is 5.56 Å². The van der Waals surface area contributed by atoms with Gasteiger partial charge in [-0.15, -0.1) is 11.3 Å². The number of hydrogen-bond donors (Lipinski definition) is 1. The molecule has 2 aromatic heterocycles. The summed E-state index contributed by atoms with van der Waals surface area (Å²) < 4.78 is 5.08. The summed E-state index contributed by atoms with van der Waals surface area (Å²) in [5, 5.41) is 0.497. The third-order valence-corrected chi connectivity index (χ3v) is 5.79. The van der Waals surface area contributed by atoms with Crippen LogP contribution in [0.25, 0.3) is 10.2 Å². The molecule has 25 heavy (non-hydrogen) atoms. The molecule has 0 amide bonds. The van der Waals surface area contributed by atoms with Gasteiger partial charge in [-0.2, -0.15) is 0 Å². The van der Waals surface area contributed by atoms with Crippen molar-refractivity contribution in [3.05, 3.63) is 26.6 Å². The van der Waals surface area contributed by atoms with Gasteiger partial charge >= 0.3 is 5.97 Å². The smallest absolute Gasteiger partial charge is 0.348 e. The lowest BCUT2D eigenvalue weighted by Gasteiger charge is -2.34. The van der Waals surface area contributed by atoms with Crippen LogP contribution >= 0.6 is 11.3 Å². The molecule has 1 fully saturated rings. The van der Waals surface area contributed by atoms with Gasteiger partial charge in [0, 0.05) is 13.1 Å². The Morgan fingerprint density at radius 1 is 1.36 bits per heavy atom. The molecule has 3 rings (SSSR count). The molecule has 2 atom stereocenters. The van der Waals surface area contributed by atoms with Crippen molar-refractivity contribution >= 4 is 27.5 Å². The first-order valence-corrected chi connectivity index (χ1v) is 9.62. The number of thiophene rings is 1. The first kappa shape index (κ1) is 18.1. The number of aryl methyl sites for hydroxylation is 1. The van der Waals surface area contributed by atoms with Gasteiger partial charge in [-0.3, -0.25) is 9.69 Å². The van der Waals surface area contributed by atoms with Crippen LogP contribution in [0, 0.1) is 18.8 Å². The summed E-state index contributed by atoms with van der Waals surface area (Å²) in [5.74, 6) is 1.58. The highest BCUT2D eigenvalue weighted by Crippen LogP contribution is 2.28. The molecule has 1 N–H and O–H groups in total. The molecule has 0 unspecified atom stereocenters. The summed E-state index contributed by atoms with van der Waals surface area (Å²) in [5.41, 5.74) is 0.473. The maximum absolute atomic E-state index is 12.5. The first-order chi connectivity index (χ1) is 11.9. The Hall–Kier alpha value is -1.73. The number of H-pyrrole nitrogens is 1. The maximum atomic E-state index is 12.5. The molecule has 0 saturated carbocycles. The molecule has 1 aliphatic rings. The number of hydrogen-bond acceptors (Lipinski definition) is 6. The third-order valence-electron chi connectivity index (χ3n) is 4.63. The van der Waals surface area contributed by atoms with Crippen molar-refractivity contribution in [1.29, 1.82) is 0 Å². The molecule has 136 valence electrons. The van der Waals surface area contributed by atoms with Gasteiger partial charge in [0.2, 0.25) is 0 Å². The SMILES string of the molecule is CCOC(=O)c1sc2nc(CN3C[C@H](C)C[C@H](C)C3)[nH]c(=O)c2c1C. The van der Waals surface area contributed by atoms with E-state index in [1.165, 1.54) is 17.8 Å². The Labute approximate surface area is 151 Å². The average molecular weight is 363 g/mol. The van der Waals surface area contributed by atoms with Crippen molar-refractivity contribution in [2.75, 3.05) is 19.7 Å². The number of nitrogens with one attached hydrogen (secondary N) is 1. The summed E-state index contributed by atoms with van der Waals surface area (Å²) >= 11 is 1.24. The second-order valence-corrected chi connectivity index (χ2v) is 8.11. The second kappa shape index (κ2) is 7.25. The zero-order valence-corrected chi connectivity index (χ0v) is 16.0. The number of carbonyl (C=O) groups excluding carboxylic acids is 1. The molecule has 0 radical (unpaired) electrons. The molecule has 0 aliphatic carbocycles. The minimum Gasteiger partial charge on any atom is -0.462 e. The van der Waals surface area contributed by atoms with E-state index in [1.807, 2.05) is 0 Å². The lowest BCUT2D eigenvalue weighted by molar-refractivity contribution is 0.0531. The normalized spacial score (nSPS) is 21.6. The van der Waals surface area contributed by atoms with E-state index < -0.39 is 0 Å². The zero-order chi connectivity index (χ0) is 18.1. The van der Waals surface area contributed by atoms with Gasteiger partial charge < -0.3 is 9.72 Å². The standard InChI is InChI=1S/C18H25N3O3S/c1-5-24-18(23)15-12(4)14-16(22)19-13(20-17(14)25-15)9-21-7-10(2)6-11(3)8-21/h10-11H,5-9H2,1-4H3,(H,19,20,22)/t10-,11+. The minimum absolute atomic E-state index is 0.178. The van der Waals surface area contributed by atoms with Gasteiger partial charge in [-0.05, 0) is 37.7 Å². The fourth-order valence-corrected chi connectivity index (χ4v) is 4.88. The Morgan fingerprint density at radius 2 is 2.04 bits per heavy atom. The fourth-order valence-electron chi connectivity index (χ4n) is 3.79. The van der Waals surface area contributed by atoms with Crippen molar-refractivity contribution in [1.82, 2.24) is 14.9 Å². The van der Waals surface area contributed by atoms with E-state index in [4.69, 9.17) is 4.74 Å². The summed E-state index contributed by atoms with van der Waals surface area (Å²) in [6, 6.07) is 0. The van der Waals surface area contributed by atoms with Gasteiger partial charge in [0.15, 0.2) is 0 Å². The number of esters is 1. The minimum atomic E-state index is -0.386. The van der Waals surface area contributed by atoms with Crippen molar-refractivity contribution in [3.63, 3.8) is 0 Å². The Kier molecular flexibility index (Phi) is 5.24. The highest BCUT2D eigenvalue weighted by atomic mass is 32.1. The predicted octanol–water partition coefficient (Wildman–Crippen LogP) is 2.95. The van der Waals surface area contributed by atoms with E-state index in [0.29, 0.717) is 51.5 Å².